The Morgan fingerprint density at radius 2 is 1.67 bits per heavy atom. The molecule has 0 aromatic carbocycles. The summed E-state index contributed by atoms with van der Waals surface area (Å²) in [6, 6.07) is 0. The molecule has 0 heterocycles. The van der Waals surface area contributed by atoms with Gasteiger partial charge in [-0.05, 0) is 0 Å². The molecule has 0 bridgehead atoms. The Hall–Kier alpha value is 0.269. The van der Waals surface area contributed by atoms with Gasteiger partial charge in [0.05, 0.1) is 0 Å². The van der Waals surface area contributed by atoms with Crippen molar-refractivity contribution in [2.45, 2.75) is 9.88 Å². The van der Waals surface area contributed by atoms with Crippen molar-refractivity contribution < 1.29 is 9.90 Å². The molecule has 0 N–H and O–H groups in total. The molecule has 0 amide bonds. The van der Waals surface area contributed by atoms with Gasteiger partial charge in [0.15, 0.2) is 0 Å². The summed E-state index contributed by atoms with van der Waals surface area (Å²) >= 11 is 0.230. The maximum atomic E-state index is 8.25. The molecule has 6 heavy (non-hydrogen) atoms. The standard InChI is InChI=1S/CH2O2.2CH3.Sn/c2-1-3;;;/h1H,(H,2,3);2*1H3;/q;;;+1/p-1. The molecule has 0 aromatic rings. The van der Waals surface area contributed by atoms with E-state index in [9.17, 15) is 0 Å². The van der Waals surface area contributed by atoms with Crippen molar-refractivity contribution in [3.05, 3.63) is 0 Å². The molecule has 0 rings (SSSR count). The zero-order valence-corrected chi connectivity index (χ0v) is 6.75. The molecular weight excluding hydrogens is 187 g/mol. The minimum absolute atomic E-state index is 0.230. The first-order valence-electron chi connectivity index (χ1n) is 1.47. The SMILES string of the molecule is O=C[O-].[CH3][Sn+][CH3]. The van der Waals surface area contributed by atoms with Gasteiger partial charge in [-0.15, -0.1) is 0 Å². The van der Waals surface area contributed by atoms with Crippen LogP contribution in [0.4, 0.5) is 0 Å². The molecular formula is C3H7O2Sn. The second-order valence-corrected chi connectivity index (χ2v) is 3.45. The van der Waals surface area contributed by atoms with E-state index < -0.39 is 6.47 Å². The van der Waals surface area contributed by atoms with Gasteiger partial charge >= 0.3 is 31.0 Å². The Kier molecular flexibility index (Phi) is 29.7. The maximum absolute atomic E-state index is 8.25. The predicted octanol–water partition coefficient (Wildman–Crippen LogP) is -0.847. The summed E-state index contributed by atoms with van der Waals surface area (Å²) in [6.07, 6.45) is 0. The fourth-order valence-electron chi connectivity index (χ4n) is 0. The number of hydrogen-bond donors (Lipinski definition) is 0. The molecule has 0 spiro atoms. The Balaban J connectivity index is 0. The molecule has 3 heteroatoms. The van der Waals surface area contributed by atoms with Crippen LogP contribution in [0.25, 0.3) is 0 Å². The summed E-state index contributed by atoms with van der Waals surface area (Å²) in [4.78, 5) is 12.8. The van der Waals surface area contributed by atoms with Crippen LogP contribution in [0, 0.1) is 0 Å². The van der Waals surface area contributed by atoms with Gasteiger partial charge < -0.3 is 9.90 Å². The first kappa shape index (κ1) is 9.55. The van der Waals surface area contributed by atoms with Crippen molar-refractivity contribution in [3.8, 4) is 0 Å². The molecule has 0 fully saturated rings. The molecule has 0 saturated carbocycles. The van der Waals surface area contributed by atoms with Crippen LogP contribution in [0.5, 0.6) is 0 Å². The van der Waals surface area contributed by atoms with Gasteiger partial charge in [-0.2, -0.15) is 0 Å². The number of rotatable bonds is 0. The van der Waals surface area contributed by atoms with Crippen LogP contribution < -0.4 is 5.11 Å². The summed E-state index contributed by atoms with van der Waals surface area (Å²) < 4.78 is 0. The van der Waals surface area contributed by atoms with Crippen LogP contribution >= 0.6 is 0 Å². The molecule has 0 atom stereocenters. The summed E-state index contributed by atoms with van der Waals surface area (Å²) in [7, 11) is 0. The summed E-state index contributed by atoms with van der Waals surface area (Å²) in [6.45, 7) is -0.500. The summed E-state index contributed by atoms with van der Waals surface area (Å²) in [5.41, 5.74) is 0. The monoisotopic (exact) mass is 195 g/mol. The van der Waals surface area contributed by atoms with Gasteiger partial charge in [-0.3, -0.25) is 0 Å². The number of carbonyl (C=O) groups is 1. The topological polar surface area (TPSA) is 40.1 Å². The number of carbonyl (C=O) groups excluding carboxylic acids is 1. The van der Waals surface area contributed by atoms with Crippen molar-refractivity contribution in [1.29, 1.82) is 0 Å². The molecule has 0 aliphatic rings. The Morgan fingerprint density at radius 3 is 1.67 bits per heavy atom. The normalized spacial score (nSPS) is 4.33. The fraction of sp³-hybridized carbons (Fsp3) is 0.667. The van der Waals surface area contributed by atoms with Gasteiger partial charge in [0.1, 0.15) is 0 Å². The third-order valence-electron chi connectivity index (χ3n) is 0. The van der Waals surface area contributed by atoms with E-state index in [0.29, 0.717) is 0 Å². The van der Waals surface area contributed by atoms with Crippen molar-refractivity contribution in [3.63, 3.8) is 0 Å². The number of hydrogen-bond acceptors (Lipinski definition) is 2. The summed E-state index contributed by atoms with van der Waals surface area (Å²) in [5, 5.41) is 8.25. The van der Waals surface area contributed by atoms with Crippen LogP contribution in [0.2, 0.25) is 9.88 Å². The first-order chi connectivity index (χ1) is 2.83. The third-order valence-corrected chi connectivity index (χ3v) is 0. The molecule has 35 valence electrons. The van der Waals surface area contributed by atoms with Crippen LogP contribution in [0.15, 0.2) is 0 Å². The van der Waals surface area contributed by atoms with E-state index in [1.165, 1.54) is 0 Å². The van der Waals surface area contributed by atoms with Gasteiger partial charge in [0.25, 0.3) is 0 Å². The Bertz CT molecular complexity index is 22.8. The van der Waals surface area contributed by atoms with E-state index in [0.717, 1.165) is 0 Å². The number of carboxylic acid groups (broad SMARTS) is 1. The Labute approximate surface area is 47.8 Å². The van der Waals surface area contributed by atoms with Crippen LogP contribution in [0.1, 0.15) is 0 Å². The molecule has 1 radical (unpaired) electrons. The molecule has 0 saturated heterocycles. The zero-order valence-electron chi connectivity index (χ0n) is 3.89. The van der Waals surface area contributed by atoms with E-state index in [1.54, 1.807) is 0 Å². The van der Waals surface area contributed by atoms with E-state index in [4.69, 9.17) is 9.90 Å². The third kappa shape index (κ3) is 632. The van der Waals surface area contributed by atoms with E-state index in [-0.39, 0.29) is 21.1 Å². The van der Waals surface area contributed by atoms with Crippen molar-refractivity contribution in [1.82, 2.24) is 0 Å². The second-order valence-electron chi connectivity index (χ2n) is 0.596. The molecule has 0 unspecified atom stereocenters. The second kappa shape index (κ2) is 18.7. The van der Waals surface area contributed by atoms with E-state index in [1.807, 2.05) is 0 Å². The van der Waals surface area contributed by atoms with Crippen molar-refractivity contribution in [2.75, 3.05) is 0 Å². The Morgan fingerprint density at radius 1 is 1.67 bits per heavy atom. The molecule has 0 aromatic heterocycles. The van der Waals surface area contributed by atoms with E-state index >= 15 is 0 Å². The first-order valence-corrected chi connectivity index (χ1v) is 7.18. The average molecular weight is 194 g/mol. The van der Waals surface area contributed by atoms with Gasteiger partial charge in [-0.1, -0.05) is 0 Å². The molecule has 2 nitrogen and oxygen atoms in total. The van der Waals surface area contributed by atoms with Gasteiger partial charge in [-0.25, -0.2) is 0 Å². The van der Waals surface area contributed by atoms with Crippen molar-refractivity contribution >= 4 is 27.6 Å². The van der Waals surface area contributed by atoms with Crippen LogP contribution in [0.3, 0.4) is 0 Å². The predicted molar refractivity (Wildman–Crippen MR) is 23.5 cm³/mol. The van der Waals surface area contributed by atoms with Crippen molar-refractivity contribution in [2.24, 2.45) is 0 Å². The van der Waals surface area contributed by atoms with Gasteiger partial charge in [0, 0.05) is 6.47 Å². The molecule has 0 aliphatic carbocycles. The average Bonchev–Trinajstić information content (AvgIpc) is 1.39. The fourth-order valence-corrected chi connectivity index (χ4v) is 0. The van der Waals surface area contributed by atoms with E-state index in [2.05, 4.69) is 9.88 Å². The zero-order chi connectivity index (χ0) is 5.41. The summed E-state index contributed by atoms with van der Waals surface area (Å²) in [5.74, 6) is 0. The molecule has 0 aliphatic heterocycles. The van der Waals surface area contributed by atoms with Gasteiger partial charge in [0.2, 0.25) is 0 Å². The minimum atomic E-state index is -0.500. The van der Waals surface area contributed by atoms with Crippen LogP contribution in [-0.4, -0.2) is 27.6 Å². The quantitative estimate of drug-likeness (QED) is 0.372. The van der Waals surface area contributed by atoms with Crippen LogP contribution in [-0.2, 0) is 4.79 Å².